The van der Waals surface area contributed by atoms with Crippen molar-refractivity contribution in [1.82, 2.24) is 0 Å². The molecule has 0 spiro atoms. The number of Topliss-reactive ketones (excluding diaryl/α,β-unsaturated/α-hetero) is 1. The summed E-state index contributed by atoms with van der Waals surface area (Å²) in [7, 11) is 1.58. The summed E-state index contributed by atoms with van der Waals surface area (Å²) in [6, 6.07) is 5.59. The Hall–Kier alpha value is -1.88. The van der Waals surface area contributed by atoms with Crippen LogP contribution in [-0.4, -0.2) is 25.5 Å². The topological polar surface area (TPSA) is 52.6 Å². The molecule has 0 aliphatic heterocycles. The van der Waals surface area contributed by atoms with Crippen LogP contribution in [0.3, 0.4) is 0 Å². The van der Waals surface area contributed by atoms with Crippen molar-refractivity contribution < 1.29 is 19.1 Å². The minimum absolute atomic E-state index is 0.192. The number of carbonyl (C=O) groups excluding carboxylic acids is 2. The minimum atomic E-state index is -0.809. The smallest absolute Gasteiger partial charge is 0.380 e. The van der Waals surface area contributed by atoms with Gasteiger partial charge in [-0.25, -0.2) is 4.79 Å². The van der Waals surface area contributed by atoms with Crippen molar-refractivity contribution in [2.75, 3.05) is 13.7 Å². The molecule has 0 aliphatic rings. The molecule has 1 aromatic carbocycles. The van der Waals surface area contributed by atoms with Crippen LogP contribution in [0.5, 0.6) is 5.75 Å². The molecule has 0 aliphatic carbocycles. The summed E-state index contributed by atoms with van der Waals surface area (Å²) in [6.45, 7) is 3.68. The summed E-state index contributed by atoms with van der Waals surface area (Å²) in [6.07, 6.45) is 0. The first-order valence-corrected chi connectivity index (χ1v) is 6.69. The highest BCUT2D eigenvalue weighted by Gasteiger charge is 2.24. The Morgan fingerprint density at radius 1 is 1.32 bits per heavy atom. The number of rotatable bonds is 4. The second-order valence-corrected chi connectivity index (χ2v) is 4.99. The molecule has 1 aromatic heterocycles. The van der Waals surface area contributed by atoms with Gasteiger partial charge in [-0.05, 0) is 31.5 Å². The monoisotopic (exact) mass is 278 g/mol. The van der Waals surface area contributed by atoms with Gasteiger partial charge in [0, 0.05) is 10.1 Å². The molecule has 0 bridgehead atoms. The van der Waals surface area contributed by atoms with Gasteiger partial charge in [-0.3, -0.25) is 4.79 Å². The Morgan fingerprint density at radius 3 is 2.68 bits per heavy atom. The second-order valence-electron chi connectivity index (χ2n) is 3.94. The standard InChI is InChI=1S/C14H14O4S/c1-4-18-14(16)12(15)13-8(2)11-9(17-3)6-5-7-10(11)19-13/h5-7H,4H2,1-3H3. The van der Waals surface area contributed by atoms with Gasteiger partial charge in [0.1, 0.15) is 5.75 Å². The molecule has 2 aromatic rings. The SMILES string of the molecule is CCOC(=O)C(=O)c1sc2cccc(OC)c2c1C. The third kappa shape index (κ3) is 2.33. The fourth-order valence-corrected chi connectivity index (χ4v) is 3.10. The molecule has 0 saturated heterocycles. The third-order valence-corrected chi connectivity index (χ3v) is 4.06. The quantitative estimate of drug-likeness (QED) is 0.490. The van der Waals surface area contributed by atoms with Crippen LogP contribution in [0.2, 0.25) is 0 Å². The van der Waals surface area contributed by atoms with Crippen LogP contribution in [0.4, 0.5) is 0 Å². The first-order chi connectivity index (χ1) is 9.10. The molecule has 100 valence electrons. The normalized spacial score (nSPS) is 10.5. The van der Waals surface area contributed by atoms with E-state index in [1.165, 1.54) is 11.3 Å². The molecule has 0 fully saturated rings. The lowest BCUT2D eigenvalue weighted by atomic mass is 10.1. The number of hydrogen-bond acceptors (Lipinski definition) is 5. The molecule has 2 rings (SSSR count). The van der Waals surface area contributed by atoms with Gasteiger partial charge in [0.15, 0.2) is 0 Å². The van der Waals surface area contributed by atoms with E-state index in [2.05, 4.69) is 0 Å². The summed E-state index contributed by atoms with van der Waals surface area (Å²) in [5.74, 6) is -0.701. The van der Waals surface area contributed by atoms with E-state index in [1.54, 1.807) is 14.0 Å². The summed E-state index contributed by atoms with van der Waals surface area (Å²) in [5, 5.41) is 0.877. The van der Waals surface area contributed by atoms with E-state index in [0.29, 0.717) is 10.6 Å². The number of ether oxygens (including phenoxy) is 2. The maximum Gasteiger partial charge on any atom is 0.380 e. The maximum absolute atomic E-state index is 12.0. The van der Waals surface area contributed by atoms with Crippen molar-refractivity contribution in [3.63, 3.8) is 0 Å². The summed E-state index contributed by atoms with van der Waals surface area (Å²) in [4.78, 5) is 24.0. The average Bonchev–Trinajstić information content (AvgIpc) is 2.75. The fraction of sp³-hybridized carbons (Fsp3) is 0.286. The molecular weight excluding hydrogens is 264 g/mol. The van der Waals surface area contributed by atoms with Gasteiger partial charge in [0.25, 0.3) is 5.78 Å². The predicted octanol–water partition coefficient (Wildman–Crippen LogP) is 2.96. The zero-order chi connectivity index (χ0) is 14.0. The lowest BCUT2D eigenvalue weighted by Gasteiger charge is -2.02. The molecule has 19 heavy (non-hydrogen) atoms. The van der Waals surface area contributed by atoms with Gasteiger partial charge >= 0.3 is 5.97 Å². The van der Waals surface area contributed by atoms with E-state index in [1.807, 2.05) is 25.1 Å². The van der Waals surface area contributed by atoms with Crippen LogP contribution in [0.25, 0.3) is 10.1 Å². The van der Waals surface area contributed by atoms with Gasteiger partial charge in [0.05, 0.1) is 18.6 Å². The number of methoxy groups -OCH3 is 1. The van der Waals surface area contributed by atoms with Crippen LogP contribution in [-0.2, 0) is 9.53 Å². The molecular formula is C14H14O4S. The molecule has 1 heterocycles. The van der Waals surface area contributed by atoms with Crippen LogP contribution in [0.15, 0.2) is 18.2 Å². The number of thiophene rings is 1. The largest absolute Gasteiger partial charge is 0.496 e. The Kier molecular flexibility index (Phi) is 3.85. The van der Waals surface area contributed by atoms with Gasteiger partial charge in [-0.1, -0.05) is 6.07 Å². The Labute approximate surface area is 114 Å². The van der Waals surface area contributed by atoms with Crippen molar-refractivity contribution in [2.24, 2.45) is 0 Å². The fourth-order valence-electron chi connectivity index (χ4n) is 1.94. The molecule has 0 atom stereocenters. The number of fused-ring (bicyclic) bond motifs is 1. The van der Waals surface area contributed by atoms with Crippen molar-refractivity contribution in [2.45, 2.75) is 13.8 Å². The van der Waals surface area contributed by atoms with Crippen LogP contribution < -0.4 is 4.74 Å². The Bertz CT molecular complexity index is 642. The van der Waals surface area contributed by atoms with Gasteiger partial charge in [-0.15, -0.1) is 11.3 Å². The number of esters is 1. The zero-order valence-corrected chi connectivity index (χ0v) is 11.8. The van der Waals surface area contributed by atoms with Crippen molar-refractivity contribution in [3.8, 4) is 5.75 Å². The molecule has 0 amide bonds. The van der Waals surface area contributed by atoms with Gasteiger partial charge in [0.2, 0.25) is 0 Å². The zero-order valence-electron chi connectivity index (χ0n) is 11.0. The average molecular weight is 278 g/mol. The summed E-state index contributed by atoms with van der Waals surface area (Å²) in [5.41, 5.74) is 0.760. The number of benzene rings is 1. The second kappa shape index (κ2) is 5.40. The van der Waals surface area contributed by atoms with Crippen LogP contribution >= 0.6 is 11.3 Å². The number of ketones is 1. The predicted molar refractivity (Wildman–Crippen MR) is 74.1 cm³/mol. The van der Waals surface area contributed by atoms with Crippen molar-refractivity contribution in [3.05, 3.63) is 28.6 Å². The first kappa shape index (κ1) is 13.5. The molecule has 0 radical (unpaired) electrons. The number of aryl methyl sites for hydroxylation is 1. The highest BCUT2D eigenvalue weighted by Crippen LogP contribution is 2.37. The molecule has 0 unspecified atom stereocenters. The van der Waals surface area contributed by atoms with E-state index in [-0.39, 0.29) is 6.61 Å². The first-order valence-electron chi connectivity index (χ1n) is 5.87. The summed E-state index contributed by atoms with van der Waals surface area (Å²) >= 11 is 1.29. The lowest BCUT2D eigenvalue weighted by molar-refractivity contribution is -0.137. The summed E-state index contributed by atoms with van der Waals surface area (Å²) < 4.78 is 11.0. The molecule has 5 heteroatoms. The maximum atomic E-state index is 12.0. The van der Waals surface area contributed by atoms with E-state index in [9.17, 15) is 9.59 Å². The Morgan fingerprint density at radius 2 is 2.05 bits per heavy atom. The van der Waals surface area contributed by atoms with Crippen molar-refractivity contribution in [1.29, 1.82) is 0 Å². The van der Waals surface area contributed by atoms with Gasteiger partial charge in [-0.2, -0.15) is 0 Å². The molecule has 0 N–H and O–H groups in total. The minimum Gasteiger partial charge on any atom is -0.496 e. The molecule has 0 saturated carbocycles. The van der Waals surface area contributed by atoms with E-state index in [0.717, 1.165) is 15.6 Å². The van der Waals surface area contributed by atoms with Gasteiger partial charge < -0.3 is 9.47 Å². The van der Waals surface area contributed by atoms with E-state index in [4.69, 9.17) is 9.47 Å². The lowest BCUT2D eigenvalue weighted by Crippen LogP contribution is -2.17. The highest BCUT2D eigenvalue weighted by molar-refractivity contribution is 7.21. The number of carbonyl (C=O) groups is 2. The van der Waals surface area contributed by atoms with Crippen molar-refractivity contribution >= 4 is 33.2 Å². The number of hydrogen-bond donors (Lipinski definition) is 0. The third-order valence-electron chi connectivity index (χ3n) is 2.80. The van der Waals surface area contributed by atoms with E-state index >= 15 is 0 Å². The van der Waals surface area contributed by atoms with Crippen LogP contribution in [0, 0.1) is 6.92 Å². The Balaban J connectivity index is 2.54. The highest BCUT2D eigenvalue weighted by atomic mass is 32.1. The van der Waals surface area contributed by atoms with E-state index < -0.39 is 11.8 Å². The van der Waals surface area contributed by atoms with Crippen LogP contribution in [0.1, 0.15) is 22.2 Å². The molecule has 4 nitrogen and oxygen atoms in total.